The topological polar surface area (TPSA) is 67.9 Å². The van der Waals surface area contributed by atoms with Crippen LogP contribution in [0.3, 0.4) is 0 Å². The first kappa shape index (κ1) is 18.8. The van der Waals surface area contributed by atoms with Crippen LogP contribution < -0.4 is 14.8 Å². The minimum atomic E-state index is -0.250. The monoisotopic (exact) mass is 368 g/mol. The second kappa shape index (κ2) is 7.70. The van der Waals surface area contributed by atoms with Gasteiger partial charge in [0.25, 0.3) is 5.91 Å². The Hall–Kier alpha value is -3.02. The lowest BCUT2D eigenvalue weighted by Gasteiger charge is -2.21. The summed E-state index contributed by atoms with van der Waals surface area (Å²) >= 11 is 0. The zero-order chi connectivity index (χ0) is 19.6. The molecule has 0 aromatic heterocycles. The third-order valence-electron chi connectivity index (χ3n) is 4.46. The number of hydrogen-bond donors (Lipinski definition) is 1. The summed E-state index contributed by atoms with van der Waals surface area (Å²) in [5.41, 5.74) is 4.40. The number of hydrogen-bond acceptors (Lipinski definition) is 4. The number of fused-ring (bicyclic) bond motifs is 1. The summed E-state index contributed by atoms with van der Waals surface area (Å²) in [6, 6.07) is 9.09. The Labute approximate surface area is 159 Å². The molecule has 2 amide bonds. The minimum Gasteiger partial charge on any atom is -0.486 e. The standard InChI is InChI=1S/C21H24N2O4/c1-13-9-14(2)20(15(3)10-13)22-19(24)12-23(4)21(25)16-5-6-17-18(11-16)27-8-7-26-17/h5-6,9-11H,7-8,12H2,1-4H3,(H,22,24). The minimum absolute atomic E-state index is 0.0416. The Morgan fingerprint density at radius 2 is 1.63 bits per heavy atom. The summed E-state index contributed by atoms with van der Waals surface area (Å²) < 4.78 is 11.0. The maximum absolute atomic E-state index is 12.6. The van der Waals surface area contributed by atoms with Crippen LogP contribution in [0.25, 0.3) is 0 Å². The van der Waals surface area contributed by atoms with Crippen LogP contribution in [0.4, 0.5) is 5.69 Å². The lowest BCUT2D eigenvalue weighted by atomic mass is 10.1. The van der Waals surface area contributed by atoms with E-state index in [1.807, 2.05) is 32.9 Å². The van der Waals surface area contributed by atoms with Crippen molar-refractivity contribution in [2.75, 3.05) is 32.1 Å². The van der Waals surface area contributed by atoms with Gasteiger partial charge in [-0.05, 0) is 50.1 Å². The molecule has 6 nitrogen and oxygen atoms in total. The molecule has 142 valence electrons. The van der Waals surface area contributed by atoms with Gasteiger partial charge in [0.05, 0.1) is 6.54 Å². The first-order valence-electron chi connectivity index (χ1n) is 8.88. The fraction of sp³-hybridized carbons (Fsp3) is 0.333. The highest BCUT2D eigenvalue weighted by Crippen LogP contribution is 2.31. The third kappa shape index (κ3) is 4.22. The van der Waals surface area contributed by atoms with E-state index in [4.69, 9.17) is 9.47 Å². The van der Waals surface area contributed by atoms with Crippen molar-refractivity contribution in [2.45, 2.75) is 20.8 Å². The van der Waals surface area contributed by atoms with Crippen LogP contribution >= 0.6 is 0 Å². The summed E-state index contributed by atoms with van der Waals surface area (Å²) in [5, 5.41) is 2.92. The predicted molar refractivity (Wildman–Crippen MR) is 104 cm³/mol. The molecule has 1 aliphatic rings. The Morgan fingerprint density at radius 3 is 2.30 bits per heavy atom. The molecule has 0 bridgehead atoms. The van der Waals surface area contributed by atoms with E-state index in [0.717, 1.165) is 22.4 Å². The highest BCUT2D eigenvalue weighted by Gasteiger charge is 2.19. The summed E-state index contributed by atoms with van der Waals surface area (Å²) in [4.78, 5) is 26.5. The molecule has 0 aliphatic carbocycles. The number of carbonyl (C=O) groups excluding carboxylic acids is 2. The Balaban J connectivity index is 1.67. The van der Waals surface area contributed by atoms with Crippen molar-refractivity contribution < 1.29 is 19.1 Å². The zero-order valence-electron chi connectivity index (χ0n) is 16.1. The molecule has 1 aliphatic heterocycles. The lowest BCUT2D eigenvalue weighted by molar-refractivity contribution is -0.116. The van der Waals surface area contributed by atoms with E-state index in [1.165, 1.54) is 4.90 Å². The number of carbonyl (C=O) groups is 2. The van der Waals surface area contributed by atoms with Crippen LogP contribution in [0, 0.1) is 20.8 Å². The lowest BCUT2D eigenvalue weighted by Crippen LogP contribution is -2.35. The zero-order valence-corrected chi connectivity index (χ0v) is 16.1. The molecule has 27 heavy (non-hydrogen) atoms. The molecule has 0 atom stereocenters. The van der Waals surface area contributed by atoms with Crippen molar-refractivity contribution in [3.05, 3.63) is 52.6 Å². The van der Waals surface area contributed by atoms with E-state index >= 15 is 0 Å². The van der Waals surface area contributed by atoms with Gasteiger partial charge in [0.1, 0.15) is 13.2 Å². The van der Waals surface area contributed by atoms with Crippen LogP contribution in [0.1, 0.15) is 27.0 Å². The Kier molecular flexibility index (Phi) is 5.35. The van der Waals surface area contributed by atoms with Crippen molar-refractivity contribution in [3.63, 3.8) is 0 Å². The highest BCUT2D eigenvalue weighted by molar-refractivity contribution is 6.00. The number of likely N-dealkylation sites (N-methyl/N-ethyl adjacent to an activating group) is 1. The van der Waals surface area contributed by atoms with E-state index in [-0.39, 0.29) is 18.4 Å². The van der Waals surface area contributed by atoms with Gasteiger partial charge in [0, 0.05) is 18.3 Å². The number of ether oxygens (including phenoxy) is 2. The number of rotatable bonds is 4. The largest absolute Gasteiger partial charge is 0.486 e. The fourth-order valence-corrected chi connectivity index (χ4v) is 3.24. The van der Waals surface area contributed by atoms with E-state index in [1.54, 1.807) is 25.2 Å². The van der Waals surface area contributed by atoms with Crippen LogP contribution in [0.2, 0.25) is 0 Å². The summed E-state index contributed by atoms with van der Waals surface area (Å²) in [7, 11) is 1.60. The molecule has 0 fully saturated rings. The number of amides is 2. The van der Waals surface area contributed by atoms with Crippen molar-refractivity contribution in [1.29, 1.82) is 0 Å². The van der Waals surface area contributed by atoms with Gasteiger partial charge in [-0.1, -0.05) is 17.7 Å². The van der Waals surface area contributed by atoms with Gasteiger partial charge in [0.2, 0.25) is 5.91 Å². The summed E-state index contributed by atoms with van der Waals surface area (Å²) in [6.45, 7) is 6.85. The SMILES string of the molecule is Cc1cc(C)c(NC(=O)CN(C)C(=O)c2ccc3c(c2)OCCO3)c(C)c1. The maximum Gasteiger partial charge on any atom is 0.254 e. The van der Waals surface area contributed by atoms with Crippen molar-refractivity contribution in [2.24, 2.45) is 0 Å². The van der Waals surface area contributed by atoms with Crippen LogP contribution in [-0.4, -0.2) is 43.5 Å². The molecular formula is C21H24N2O4. The highest BCUT2D eigenvalue weighted by atomic mass is 16.6. The average Bonchev–Trinajstić information content (AvgIpc) is 2.63. The van der Waals surface area contributed by atoms with Gasteiger partial charge in [-0.25, -0.2) is 0 Å². The quantitative estimate of drug-likeness (QED) is 0.900. The van der Waals surface area contributed by atoms with Crippen LogP contribution in [0.15, 0.2) is 30.3 Å². The van der Waals surface area contributed by atoms with Crippen LogP contribution in [0.5, 0.6) is 11.5 Å². The molecule has 0 unspecified atom stereocenters. The van der Waals surface area contributed by atoms with Crippen molar-refractivity contribution in [3.8, 4) is 11.5 Å². The molecule has 1 N–H and O–H groups in total. The first-order valence-corrected chi connectivity index (χ1v) is 8.88. The van der Waals surface area contributed by atoms with Crippen molar-refractivity contribution in [1.82, 2.24) is 4.90 Å². The van der Waals surface area contributed by atoms with Gasteiger partial charge in [0.15, 0.2) is 11.5 Å². The van der Waals surface area contributed by atoms with Gasteiger partial charge in [-0.2, -0.15) is 0 Å². The summed E-state index contributed by atoms with van der Waals surface area (Å²) in [5.74, 6) is 0.692. The molecule has 2 aromatic carbocycles. The Bertz CT molecular complexity index is 869. The number of anilines is 1. The molecule has 0 spiro atoms. The number of benzene rings is 2. The summed E-state index contributed by atoms with van der Waals surface area (Å²) in [6.07, 6.45) is 0. The number of aryl methyl sites for hydroxylation is 3. The second-order valence-electron chi connectivity index (χ2n) is 6.84. The van der Waals surface area contributed by atoms with Gasteiger partial charge < -0.3 is 19.7 Å². The molecule has 2 aromatic rings. The maximum atomic E-state index is 12.6. The van der Waals surface area contributed by atoms with Gasteiger partial charge in [-0.15, -0.1) is 0 Å². The average molecular weight is 368 g/mol. The van der Waals surface area contributed by atoms with Crippen LogP contribution in [-0.2, 0) is 4.79 Å². The predicted octanol–water partition coefficient (Wildman–Crippen LogP) is 3.09. The molecule has 0 saturated heterocycles. The fourth-order valence-electron chi connectivity index (χ4n) is 3.24. The first-order chi connectivity index (χ1) is 12.8. The molecule has 0 saturated carbocycles. The number of nitrogens with zero attached hydrogens (tertiary/aromatic N) is 1. The van der Waals surface area contributed by atoms with E-state index in [2.05, 4.69) is 5.32 Å². The molecule has 0 radical (unpaired) electrons. The van der Waals surface area contributed by atoms with E-state index in [0.29, 0.717) is 30.3 Å². The van der Waals surface area contributed by atoms with Gasteiger partial charge in [-0.3, -0.25) is 9.59 Å². The Morgan fingerprint density at radius 1 is 1.00 bits per heavy atom. The smallest absolute Gasteiger partial charge is 0.254 e. The third-order valence-corrected chi connectivity index (χ3v) is 4.46. The van der Waals surface area contributed by atoms with Crippen molar-refractivity contribution >= 4 is 17.5 Å². The second-order valence-corrected chi connectivity index (χ2v) is 6.84. The van der Waals surface area contributed by atoms with E-state index < -0.39 is 0 Å². The van der Waals surface area contributed by atoms with Gasteiger partial charge >= 0.3 is 0 Å². The molecule has 6 heteroatoms. The molecule has 3 rings (SSSR count). The molecule has 1 heterocycles. The number of nitrogens with one attached hydrogen (secondary N) is 1. The molecular weight excluding hydrogens is 344 g/mol. The van der Waals surface area contributed by atoms with E-state index in [9.17, 15) is 9.59 Å². The normalized spacial score (nSPS) is 12.4.